The number of hydrogen-bond donors (Lipinski definition) is 2. The van der Waals surface area contributed by atoms with Gasteiger partial charge in [-0.3, -0.25) is 4.79 Å². The van der Waals surface area contributed by atoms with Crippen molar-refractivity contribution in [3.05, 3.63) is 35.5 Å². The zero-order valence-electron chi connectivity index (χ0n) is 14.7. The van der Waals surface area contributed by atoms with E-state index in [-0.39, 0.29) is 23.2 Å². The maximum atomic E-state index is 11.8. The number of aliphatic hydroxyl groups excluding tert-OH is 2. The third-order valence-electron chi connectivity index (χ3n) is 7.73. The number of carbonyl (C=O) groups is 1. The largest absolute Gasteiger partial charge is 0.393 e. The molecule has 3 heteroatoms. The molecule has 1 unspecified atom stereocenters. The molecule has 6 atom stereocenters. The van der Waals surface area contributed by atoms with Crippen molar-refractivity contribution in [3.63, 3.8) is 0 Å². The summed E-state index contributed by atoms with van der Waals surface area (Å²) in [7, 11) is 0. The average Bonchev–Trinajstić information content (AvgIpc) is 2.92. The van der Waals surface area contributed by atoms with Gasteiger partial charge in [0.05, 0.1) is 12.7 Å². The van der Waals surface area contributed by atoms with Crippen molar-refractivity contribution >= 4 is 5.78 Å². The molecule has 0 aromatic heterocycles. The SMILES string of the molecule is C[C@]12C=CC(=O)C=C1CC[C@@H]1[C@@H]2CC[C@]2(C)C(C(O)CO)=CC[C@@H]12. The fraction of sp³-hybridized carbons (Fsp3) is 0.667. The lowest BCUT2D eigenvalue weighted by atomic mass is 9.47. The molecule has 0 aromatic carbocycles. The summed E-state index contributed by atoms with van der Waals surface area (Å²) in [5.74, 6) is 1.90. The number of carbonyl (C=O) groups excluding carboxylic acids is 1. The van der Waals surface area contributed by atoms with Gasteiger partial charge in [0.15, 0.2) is 5.78 Å². The number of fused-ring (bicyclic) bond motifs is 5. The Kier molecular flexibility index (Phi) is 3.67. The second-order valence-electron chi connectivity index (χ2n) is 8.65. The van der Waals surface area contributed by atoms with Gasteiger partial charge >= 0.3 is 0 Å². The second kappa shape index (κ2) is 5.40. The van der Waals surface area contributed by atoms with Crippen LogP contribution in [0.15, 0.2) is 35.5 Å². The van der Waals surface area contributed by atoms with E-state index in [9.17, 15) is 15.0 Å². The Bertz CT molecular complexity index is 658. The van der Waals surface area contributed by atoms with Gasteiger partial charge < -0.3 is 10.2 Å². The van der Waals surface area contributed by atoms with Gasteiger partial charge in [-0.2, -0.15) is 0 Å². The standard InChI is InChI=1S/C21H28O3/c1-20-9-7-14(23)11-13(20)3-4-15-16-5-6-18(19(24)12-22)21(16,2)10-8-17(15)20/h6-7,9,11,15-17,19,22,24H,3-5,8,10,12H2,1-2H3/t15-,16-,17-,19?,20-,21-/m0/s1. The molecule has 0 radical (unpaired) electrons. The van der Waals surface area contributed by atoms with Crippen molar-refractivity contribution in [1.82, 2.24) is 0 Å². The number of hydrogen-bond acceptors (Lipinski definition) is 3. The molecule has 0 amide bonds. The van der Waals surface area contributed by atoms with Gasteiger partial charge in [-0.1, -0.05) is 31.6 Å². The van der Waals surface area contributed by atoms with Crippen molar-refractivity contribution < 1.29 is 15.0 Å². The zero-order chi connectivity index (χ0) is 17.1. The summed E-state index contributed by atoms with van der Waals surface area (Å²) in [4.78, 5) is 11.8. The molecule has 0 aromatic rings. The monoisotopic (exact) mass is 328 g/mol. The summed E-state index contributed by atoms with van der Waals surface area (Å²) in [6.45, 7) is 4.42. The second-order valence-corrected chi connectivity index (χ2v) is 8.65. The highest BCUT2D eigenvalue weighted by Crippen LogP contribution is 2.64. The molecule has 0 spiro atoms. The molecule has 4 aliphatic rings. The molecule has 4 aliphatic carbocycles. The fourth-order valence-corrected chi connectivity index (χ4v) is 6.41. The van der Waals surface area contributed by atoms with Crippen molar-refractivity contribution in [2.45, 2.75) is 52.1 Å². The maximum absolute atomic E-state index is 11.8. The van der Waals surface area contributed by atoms with E-state index in [1.54, 1.807) is 6.08 Å². The minimum atomic E-state index is -0.710. The van der Waals surface area contributed by atoms with Crippen LogP contribution in [0.4, 0.5) is 0 Å². The highest BCUT2D eigenvalue weighted by atomic mass is 16.3. The average molecular weight is 328 g/mol. The predicted molar refractivity (Wildman–Crippen MR) is 93.2 cm³/mol. The van der Waals surface area contributed by atoms with Gasteiger partial charge in [-0.15, -0.1) is 0 Å². The highest BCUT2D eigenvalue weighted by molar-refractivity contribution is 6.01. The first-order valence-corrected chi connectivity index (χ1v) is 9.34. The predicted octanol–water partition coefficient (Wildman–Crippen LogP) is 3.18. The summed E-state index contributed by atoms with van der Waals surface area (Å²) < 4.78 is 0. The van der Waals surface area contributed by atoms with Gasteiger partial charge in [-0.05, 0) is 73.0 Å². The molecular weight excluding hydrogens is 300 g/mol. The van der Waals surface area contributed by atoms with Crippen LogP contribution in [0.3, 0.4) is 0 Å². The van der Waals surface area contributed by atoms with Crippen LogP contribution in [0.5, 0.6) is 0 Å². The Morgan fingerprint density at radius 1 is 1.29 bits per heavy atom. The van der Waals surface area contributed by atoms with Crippen LogP contribution in [0.25, 0.3) is 0 Å². The smallest absolute Gasteiger partial charge is 0.178 e. The maximum Gasteiger partial charge on any atom is 0.178 e. The van der Waals surface area contributed by atoms with Crippen molar-refractivity contribution in [2.75, 3.05) is 6.61 Å². The molecule has 2 fully saturated rings. The molecule has 24 heavy (non-hydrogen) atoms. The summed E-state index contributed by atoms with van der Waals surface area (Å²) in [6.07, 6.45) is 12.6. The molecule has 0 heterocycles. The molecule has 4 rings (SSSR count). The van der Waals surface area contributed by atoms with E-state index < -0.39 is 6.10 Å². The summed E-state index contributed by atoms with van der Waals surface area (Å²) in [5, 5.41) is 19.7. The van der Waals surface area contributed by atoms with Crippen LogP contribution in [-0.2, 0) is 4.79 Å². The summed E-state index contributed by atoms with van der Waals surface area (Å²) in [5.41, 5.74) is 2.43. The summed E-state index contributed by atoms with van der Waals surface area (Å²) >= 11 is 0. The lowest BCUT2D eigenvalue weighted by molar-refractivity contribution is -0.111. The Morgan fingerprint density at radius 2 is 2.08 bits per heavy atom. The molecular formula is C21H28O3. The normalized spacial score (nSPS) is 45.0. The molecule has 130 valence electrons. The van der Waals surface area contributed by atoms with Crippen molar-refractivity contribution in [2.24, 2.45) is 28.6 Å². The van der Waals surface area contributed by atoms with Crippen LogP contribution in [0.1, 0.15) is 46.0 Å². The van der Waals surface area contributed by atoms with Gasteiger partial charge in [0.1, 0.15) is 0 Å². The number of aliphatic hydroxyl groups is 2. The van der Waals surface area contributed by atoms with Crippen LogP contribution >= 0.6 is 0 Å². The fourth-order valence-electron chi connectivity index (χ4n) is 6.41. The summed E-state index contributed by atoms with van der Waals surface area (Å²) in [6, 6.07) is 0. The third kappa shape index (κ3) is 2.07. The number of rotatable bonds is 2. The first-order valence-electron chi connectivity index (χ1n) is 9.34. The Morgan fingerprint density at radius 3 is 2.83 bits per heavy atom. The minimum Gasteiger partial charge on any atom is -0.393 e. The number of ketones is 1. The van der Waals surface area contributed by atoms with Crippen LogP contribution in [0, 0.1) is 28.6 Å². The van der Waals surface area contributed by atoms with Crippen molar-refractivity contribution in [3.8, 4) is 0 Å². The van der Waals surface area contributed by atoms with Gasteiger partial charge in [-0.25, -0.2) is 0 Å². The van der Waals surface area contributed by atoms with E-state index in [0.717, 1.165) is 37.7 Å². The van der Waals surface area contributed by atoms with E-state index >= 15 is 0 Å². The lowest BCUT2D eigenvalue weighted by Crippen LogP contribution is -2.49. The Hall–Kier alpha value is -1.19. The molecule has 3 nitrogen and oxygen atoms in total. The molecule has 2 N–H and O–H groups in total. The Balaban J connectivity index is 1.66. The van der Waals surface area contributed by atoms with Gasteiger partial charge in [0.25, 0.3) is 0 Å². The first kappa shape index (κ1) is 16.3. The molecule has 0 saturated heterocycles. The number of allylic oxidation sites excluding steroid dienone is 5. The molecule has 0 bridgehead atoms. The van der Waals surface area contributed by atoms with Crippen LogP contribution in [-0.4, -0.2) is 28.7 Å². The Labute approximate surface area is 144 Å². The lowest BCUT2D eigenvalue weighted by Gasteiger charge is -2.57. The quantitative estimate of drug-likeness (QED) is 0.766. The van der Waals surface area contributed by atoms with E-state index in [1.807, 2.05) is 6.08 Å². The topological polar surface area (TPSA) is 57.5 Å². The van der Waals surface area contributed by atoms with Gasteiger partial charge in [0, 0.05) is 5.41 Å². The van der Waals surface area contributed by atoms with E-state index in [4.69, 9.17) is 0 Å². The van der Waals surface area contributed by atoms with Crippen molar-refractivity contribution in [1.29, 1.82) is 0 Å². The van der Waals surface area contributed by atoms with Gasteiger partial charge in [0.2, 0.25) is 0 Å². The van der Waals surface area contributed by atoms with E-state index in [1.165, 1.54) is 5.57 Å². The minimum absolute atomic E-state index is 0.0229. The van der Waals surface area contributed by atoms with Crippen LogP contribution < -0.4 is 0 Å². The molecule has 0 aliphatic heterocycles. The third-order valence-corrected chi connectivity index (χ3v) is 7.73. The highest BCUT2D eigenvalue weighted by Gasteiger charge is 2.56. The zero-order valence-corrected chi connectivity index (χ0v) is 14.7. The van der Waals surface area contributed by atoms with Crippen LogP contribution in [0.2, 0.25) is 0 Å². The van der Waals surface area contributed by atoms with E-state index in [0.29, 0.717) is 17.8 Å². The molecule has 2 saturated carbocycles. The first-order chi connectivity index (χ1) is 11.4. The van der Waals surface area contributed by atoms with E-state index in [2.05, 4.69) is 26.0 Å².